The van der Waals surface area contributed by atoms with Gasteiger partial charge in [0.25, 0.3) is 0 Å². The molecule has 18 heavy (non-hydrogen) atoms. The second kappa shape index (κ2) is 6.04. The smallest absolute Gasteiger partial charge is 0.178 e. The molecule has 100 valence electrons. The van der Waals surface area contributed by atoms with E-state index in [2.05, 4.69) is 31.1 Å². The van der Waals surface area contributed by atoms with Crippen molar-refractivity contribution in [2.24, 2.45) is 11.1 Å². The van der Waals surface area contributed by atoms with Crippen LogP contribution in [0.3, 0.4) is 0 Å². The first kappa shape index (κ1) is 13.8. The average Bonchev–Trinajstić information content (AvgIpc) is 2.77. The monoisotopic (exact) mass is 335 g/mol. The molecule has 7 heteroatoms. The van der Waals surface area contributed by atoms with Gasteiger partial charge in [0.15, 0.2) is 12.4 Å². The van der Waals surface area contributed by atoms with Crippen molar-refractivity contribution >= 4 is 34.0 Å². The van der Waals surface area contributed by atoms with E-state index in [0.717, 1.165) is 6.54 Å². The summed E-state index contributed by atoms with van der Waals surface area (Å²) in [6.45, 7) is 3.72. The highest BCUT2D eigenvalue weighted by Crippen LogP contribution is 2.25. The lowest BCUT2D eigenvalue weighted by Crippen LogP contribution is -2.47. The lowest BCUT2D eigenvalue weighted by Gasteiger charge is -2.39. The molecule has 4 rings (SSSR count). The predicted molar refractivity (Wildman–Crippen MR) is 72.8 cm³/mol. The van der Waals surface area contributed by atoms with E-state index in [1.165, 1.54) is 31.6 Å². The van der Waals surface area contributed by atoms with Crippen LogP contribution in [-0.2, 0) is 11.4 Å². The van der Waals surface area contributed by atoms with Crippen LogP contribution in [0.2, 0.25) is 0 Å². The van der Waals surface area contributed by atoms with Gasteiger partial charge in [-0.05, 0) is 41.9 Å². The minimum atomic E-state index is 0. The van der Waals surface area contributed by atoms with Gasteiger partial charge in [-0.25, -0.2) is 0 Å². The molecule has 0 atom stereocenters. The van der Waals surface area contributed by atoms with Crippen LogP contribution in [-0.4, -0.2) is 35.4 Å². The fourth-order valence-corrected chi connectivity index (χ4v) is 2.75. The molecule has 0 aromatic carbocycles. The van der Waals surface area contributed by atoms with Gasteiger partial charge >= 0.3 is 0 Å². The van der Waals surface area contributed by atoms with Crippen molar-refractivity contribution < 1.29 is 9.36 Å². The van der Waals surface area contributed by atoms with Gasteiger partial charge in [0.1, 0.15) is 4.60 Å². The molecule has 1 aromatic heterocycles. The normalized spacial score (nSPS) is 28.2. The van der Waals surface area contributed by atoms with Gasteiger partial charge in [0.2, 0.25) is 0 Å². The summed E-state index contributed by atoms with van der Waals surface area (Å²) in [7, 11) is 0. The third-order valence-electron chi connectivity index (χ3n) is 3.36. The largest absolute Gasteiger partial charge is 0.387 e. The molecular formula is C11H15BrClN3O2. The topological polar surface area (TPSA) is 50.9 Å². The number of piperidine rings is 3. The third kappa shape index (κ3) is 3.05. The van der Waals surface area contributed by atoms with Crippen LogP contribution < -0.4 is 0 Å². The lowest BCUT2D eigenvalue weighted by atomic mass is 9.87. The molecule has 5 nitrogen and oxygen atoms in total. The fraction of sp³-hybridized carbons (Fsp3) is 0.636. The average molecular weight is 337 g/mol. The summed E-state index contributed by atoms with van der Waals surface area (Å²) in [4.78, 5) is 7.76. The summed E-state index contributed by atoms with van der Waals surface area (Å²) in [5.41, 5.74) is 1.18. The Hall–Kier alpha value is -0.590. The highest BCUT2D eigenvalue weighted by Gasteiger charge is 2.31. The van der Waals surface area contributed by atoms with Gasteiger partial charge in [-0.1, -0.05) is 10.3 Å². The first-order chi connectivity index (χ1) is 8.31. The van der Waals surface area contributed by atoms with Crippen LogP contribution in [0.4, 0.5) is 0 Å². The van der Waals surface area contributed by atoms with Crippen LogP contribution >= 0.6 is 28.3 Å². The lowest BCUT2D eigenvalue weighted by molar-refractivity contribution is 0.100. The van der Waals surface area contributed by atoms with Crippen LogP contribution in [0, 0.1) is 5.92 Å². The Morgan fingerprint density at radius 2 is 2.28 bits per heavy atom. The molecule has 3 fully saturated rings. The first-order valence-electron chi connectivity index (χ1n) is 5.83. The number of hydrogen-bond donors (Lipinski definition) is 0. The maximum absolute atomic E-state index is 5.33. The van der Waals surface area contributed by atoms with E-state index in [4.69, 9.17) is 9.36 Å². The van der Waals surface area contributed by atoms with Crippen molar-refractivity contribution in [3.8, 4) is 0 Å². The van der Waals surface area contributed by atoms with Crippen molar-refractivity contribution in [1.82, 2.24) is 10.1 Å². The zero-order valence-corrected chi connectivity index (χ0v) is 12.2. The summed E-state index contributed by atoms with van der Waals surface area (Å²) in [5, 5.41) is 7.97. The molecule has 0 aliphatic carbocycles. The molecular weight excluding hydrogens is 321 g/mol. The van der Waals surface area contributed by atoms with Gasteiger partial charge in [-0.15, -0.1) is 12.4 Å². The predicted octanol–water partition coefficient (Wildman–Crippen LogP) is 2.46. The van der Waals surface area contributed by atoms with Gasteiger partial charge < -0.3 is 9.36 Å². The Labute approximate surface area is 120 Å². The maximum atomic E-state index is 5.33. The highest BCUT2D eigenvalue weighted by molar-refractivity contribution is 9.10. The number of hydrogen-bond acceptors (Lipinski definition) is 5. The molecule has 4 heterocycles. The molecule has 3 aliphatic heterocycles. The van der Waals surface area contributed by atoms with E-state index in [9.17, 15) is 0 Å². The fourth-order valence-electron chi connectivity index (χ4n) is 2.42. The SMILES string of the molecule is Brc1cc(CON=C2CN3CCC2CC3)on1.Cl. The molecule has 1 aromatic rings. The van der Waals surface area contributed by atoms with Gasteiger partial charge in [0, 0.05) is 18.5 Å². The number of nitrogens with zero attached hydrogens (tertiary/aromatic N) is 3. The summed E-state index contributed by atoms with van der Waals surface area (Å²) >= 11 is 3.22. The number of rotatable bonds is 3. The van der Waals surface area contributed by atoms with Crippen molar-refractivity contribution in [3.63, 3.8) is 0 Å². The van der Waals surface area contributed by atoms with E-state index < -0.39 is 0 Å². The second-order valence-corrected chi connectivity index (χ2v) is 5.33. The van der Waals surface area contributed by atoms with Crippen LogP contribution in [0.15, 0.2) is 20.3 Å². The molecule has 0 unspecified atom stereocenters. The Morgan fingerprint density at radius 3 is 2.83 bits per heavy atom. The van der Waals surface area contributed by atoms with Crippen molar-refractivity contribution in [2.45, 2.75) is 19.4 Å². The Bertz CT molecular complexity index is 430. The first-order valence-corrected chi connectivity index (χ1v) is 6.63. The molecule has 0 spiro atoms. The van der Waals surface area contributed by atoms with E-state index in [1.54, 1.807) is 6.07 Å². The zero-order valence-electron chi connectivity index (χ0n) is 9.84. The highest BCUT2D eigenvalue weighted by atomic mass is 79.9. The standard InChI is InChI=1S/C11H14BrN3O2.ClH/c12-11-5-9(17-14-11)7-16-13-10-6-15-3-1-8(10)2-4-15;/h5,8H,1-4,6-7H2;1H. The van der Waals surface area contributed by atoms with Gasteiger partial charge in [-0.2, -0.15) is 0 Å². The van der Waals surface area contributed by atoms with E-state index >= 15 is 0 Å². The number of fused-ring (bicyclic) bond motifs is 3. The molecule has 2 bridgehead atoms. The summed E-state index contributed by atoms with van der Waals surface area (Å²) in [5.74, 6) is 1.31. The van der Waals surface area contributed by atoms with Crippen LogP contribution in [0.1, 0.15) is 18.6 Å². The Kier molecular flexibility index (Phi) is 4.64. The quantitative estimate of drug-likeness (QED) is 0.796. The third-order valence-corrected chi connectivity index (χ3v) is 3.74. The molecule has 0 amide bonds. The summed E-state index contributed by atoms with van der Waals surface area (Å²) in [6.07, 6.45) is 2.44. The molecule has 0 N–H and O–H groups in total. The number of halogens is 2. The van der Waals surface area contributed by atoms with E-state index in [1.807, 2.05) is 0 Å². The van der Waals surface area contributed by atoms with Gasteiger partial charge in [-0.3, -0.25) is 4.90 Å². The number of aromatic nitrogens is 1. The van der Waals surface area contributed by atoms with Crippen molar-refractivity contribution in [1.29, 1.82) is 0 Å². The van der Waals surface area contributed by atoms with Crippen LogP contribution in [0.5, 0.6) is 0 Å². The molecule has 3 aliphatic rings. The van der Waals surface area contributed by atoms with Crippen molar-refractivity contribution in [3.05, 3.63) is 16.4 Å². The van der Waals surface area contributed by atoms with Crippen LogP contribution in [0.25, 0.3) is 0 Å². The van der Waals surface area contributed by atoms with Gasteiger partial charge in [0.05, 0.1) is 5.71 Å². The minimum Gasteiger partial charge on any atom is -0.387 e. The van der Waals surface area contributed by atoms with Crippen molar-refractivity contribution in [2.75, 3.05) is 19.6 Å². The maximum Gasteiger partial charge on any atom is 0.178 e. The molecule has 0 saturated carbocycles. The number of oxime groups is 1. The summed E-state index contributed by atoms with van der Waals surface area (Å²) in [6, 6.07) is 1.79. The van der Waals surface area contributed by atoms with E-state index in [0.29, 0.717) is 22.9 Å². The van der Waals surface area contributed by atoms with E-state index in [-0.39, 0.29) is 12.4 Å². The Morgan fingerprint density at radius 1 is 1.50 bits per heavy atom. The minimum absolute atomic E-state index is 0. The second-order valence-electron chi connectivity index (χ2n) is 4.52. The molecule has 0 radical (unpaired) electrons. The Balaban J connectivity index is 0.00000120. The summed E-state index contributed by atoms with van der Waals surface area (Å²) < 4.78 is 5.70. The zero-order chi connectivity index (χ0) is 11.7. The molecule has 3 saturated heterocycles.